The number of hydrogen-bond donors (Lipinski definition) is 1. The number of piperazine rings is 1. The van der Waals surface area contributed by atoms with Crippen molar-refractivity contribution in [1.29, 1.82) is 0 Å². The van der Waals surface area contributed by atoms with Crippen molar-refractivity contribution in [1.82, 2.24) is 9.80 Å². The van der Waals surface area contributed by atoms with Gasteiger partial charge in [-0.05, 0) is 6.07 Å². The SMILES string of the molecule is O=C(O)N1CCN(C(=O)c2cc([N+](=O)[O-])cc(C(F)(F)F)c2)CC1. The molecule has 1 aliphatic heterocycles. The number of nitro groups is 1. The summed E-state index contributed by atoms with van der Waals surface area (Å²) in [6, 6.07) is 1.69. The van der Waals surface area contributed by atoms with Crippen LogP contribution in [0.5, 0.6) is 0 Å². The van der Waals surface area contributed by atoms with E-state index in [-0.39, 0.29) is 26.2 Å². The fraction of sp³-hybridized carbons (Fsp3) is 0.385. The van der Waals surface area contributed by atoms with E-state index in [0.29, 0.717) is 12.1 Å². The molecule has 0 unspecified atom stereocenters. The van der Waals surface area contributed by atoms with Gasteiger partial charge < -0.3 is 14.9 Å². The monoisotopic (exact) mass is 347 g/mol. The fourth-order valence-corrected chi connectivity index (χ4v) is 2.29. The number of alkyl halides is 3. The molecular formula is C13H12F3N3O5. The summed E-state index contributed by atoms with van der Waals surface area (Å²) in [6.07, 6.45) is -5.99. The Balaban J connectivity index is 2.28. The molecule has 0 aromatic heterocycles. The molecule has 1 fully saturated rings. The van der Waals surface area contributed by atoms with Crippen LogP contribution in [-0.2, 0) is 6.18 Å². The number of carboxylic acid groups (broad SMARTS) is 1. The Morgan fingerprint density at radius 2 is 1.62 bits per heavy atom. The third-order valence-corrected chi connectivity index (χ3v) is 3.54. The van der Waals surface area contributed by atoms with Crippen molar-refractivity contribution in [2.45, 2.75) is 6.18 Å². The summed E-state index contributed by atoms with van der Waals surface area (Å²) in [4.78, 5) is 35.1. The summed E-state index contributed by atoms with van der Waals surface area (Å²) < 4.78 is 38.5. The number of nitrogens with zero attached hydrogens (tertiary/aromatic N) is 3. The molecule has 1 heterocycles. The first-order valence-corrected chi connectivity index (χ1v) is 6.73. The lowest BCUT2D eigenvalue weighted by molar-refractivity contribution is -0.385. The second-order valence-electron chi connectivity index (χ2n) is 5.09. The van der Waals surface area contributed by atoms with E-state index >= 15 is 0 Å². The largest absolute Gasteiger partial charge is 0.465 e. The molecule has 1 saturated heterocycles. The Morgan fingerprint density at radius 1 is 1.08 bits per heavy atom. The van der Waals surface area contributed by atoms with Crippen molar-refractivity contribution in [2.75, 3.05) is 26.2 Å². The van der Waals surface area contributed by atoms with E-state index in [1.807, 2.05) is 0 Å². The number of carbonyl (C=O) groups excluding carboxylic acids is 1. The van der Waals surface area contributed by atoms with Crippen molar-refractivity contribution in [3.8, 4) is 0 Å². The Morgan fingerprint density at radius 3 is 2.08 bits per heavy atom. The summed E-state index contributed by atoms with van der Waals surface area (Å²) >= 11 is 0. The van der Waals surface area contributed by atoms with Crippen LogP contribution in [0.25, 0.3) is 0 Å². The van der Waals surface area contributed by atoms with Gasteiger partial charge in [-0.25, -0.2) is 4.79 Å². The summed E-state index contributed by atoms with van der Waals surface area (Å²) in [5, 5.41) is 19.6. The van der Waals surface area contributed by atoms with Gasteiger partial charge >= 0.3 is 12.3 Å². The van der Waals surface area contributed by atoms with Gasteiger partial charge in [0.25, 0.3) is 11.6 Å². The maximum atomic E-state index is 12.8. The Hall–Kier alpha value is -2.85. The van der Waals surface area contributed by atoms with Crippen LogP contribution in [0, 0.1) is 10.1 Å². The zero-order valence-corrected chi connectivity index (χ0v) is 12.1. The summed E-state index contributed by atoms with van der Waals surface area (Å²) in [5.41, 5.74) is -2.58. The van der Waals surface area contributed by atoms with Gasteiger partial charge in [0.05, 0.1) is 10.5 Å². The Bertz CT molecular complexity index is 684. The first-order valence-electron chi connectivity index (χ1n) is 6.73. The topological polar surface area (TPSA) is 104 Å². The van der Waals surface area contributed by atoms with Crippen LogP contribution >= 0.6 is 0 Å². The molecule has 2 rings (SSSR count). The van der Waals surface area contributed by atoms with Gasteiger partial charge in [0, 0.05) is 43.9 Å². The minimum atomic E-state index is -4.83. The molecule has 8 nitrogen and oxygen atoms in total. The molecule has 0 aliphatic carbocycles. The molecule has 130 valence electrons. The predicted molar refractivity (Wildman–Crippen MR) is 73.6 cm³/mol. The normalized spacial score (nSPS) is 15.3. The quantitative estimate of drug-likeness (QED) is 0.651. The number of benzene rings is 1. The highest BCUT2D eigenvalue weighted by atomic mass is 19.4. The van der Waals surface area contributed by atoms with Gasteiger partial charge in [0.1, 0.15) is 0 Å². The molecule has 0 atom stereocenters. The van der Waals surface area contributed by atoms with Gasteiger partial charge in [-0.15, -0.1) is 0 Å². The van der Waals surface area contributed by atoms with Gasteiger partial charge in [-0.1, -0.05) is 0 Å². The number of nitro benzene ring substituents is 1. The van der Waals surface area contributed by atoms with Crippen LogP contribution < -0.4 is 0 Å². The molecule has 0 spiro atoms. The minimum Gasteiger partial charge on any atom is -0.465 e. The molecule has 11 heteroatoms. The molecule has 0 radical (unpaired) electrons. The van der Waals surface area contributed by atoms with E-state index in [0.717, 1.165) is 11.0 Å². The predicted octanol–water partition coefficient (Wildman–Crippen LogP) is 2.05. The summed E-state index contributed by atoms with van der Waals surface area (Å²) in [6.45, 7) is 0.0224. The number of halogens is 3. The number of non-ortho nitro benzene ring substituents is 1. The fourth-order valence-electron chi connectivity index (χ4n) is 2.29. The zero-order valence-electron chi connectivity index (χ0n) is 12.1. The van der Waals surface area contributed by atoms with Crippen molar-refractivity contribution < 1.29 is 32.8 Å². The highest BCUT2D eigenvalue weighted by Crippen LogP contribution is 2.33. The molecule has 1 N–H and O–H groups in total. The van der Waals surface area contributed by atoms with Crippen molar-refractivity contribution in [2.24, 2.45) is 0 Å². The average molecular weight is 347 g/mol. The molecule has 1 aromatic carbocycles. The zero-order chi connectivity index (χ0) is 18.1. The number of rotatable bonds is 2. The van der Waals surface area contributed by atoms with E-state index < -0.39 is 39.9 Å². The first kappa shape index (κ1) is 17.5. The van der Waals surface area contributed by atoms with E-state index in [2.05, 4.69) is 0 Å². The van der Waals surface area contributed by atoms with Gasteiger partial charge in [0.2, 0.25) is 0 Å². The smallest absolute Gasteiger partial charge is 0.416 e. The standard InChI is InChI=1S/C13H12F3N3O5/c14-13(15,16)9-5-8(6-10(7-9)19(23)24)11(20)17-1-3-18(4-2-17)12(21)22/h5-7H,1-4H2,(H,21,22). The van der Waals surface area contributed by atoms with E-state index in [1.165, 1.54) is 4.90 Å². The maximum Gasteiger partial charge on any atom is 0.416 e. The number of amides is 2. The van der Waals surface area contributed by atoms with E-state index in [9.17, 15) is 32.9 Å². The molecule has 2 amide bonds. The Labute approximate surface area is 133 Å². The summed E-state index contributed by atoms with van der Waals surface area (Å²) in [5.74, 6) is -0.811. The summed E-state index contributed by atoms with van der Waals surface area (Å²) in [7, 11) is 0. The van der Waals surface area contributed by atoms with Crippen LogP contribution in [0.4, 0.5) is 23.7 Å². The van der Waals surface area contributed by atoms with Crippen LogP contribution in [0.3, 0.4) is 0 Å². The van der Waals surface area contributed by atoms with Gasteiger partial charge in [0.15, 0.2) is 0 Å². The third kappa shape index (κ3) is 3.73. The second kappa shape index (κ2) is 6.34. The average Bonchev–Trinajstić information content (AvgIpc) is 2.53. The lowest BCUT2D eigenvalue weighted by Gasteiger charge is -2.33. The van der Waals surface area contributed by atoms with Gasteiger partial charge in [-0.2, -0.15) is 13.2 Å². The molecule has 1 aromatic rings. The van der Waals surface area contributed by atoms with Crippen LogP contribution in [0.15, 0.2) is 18.2 Å². The minimum absolute atomic E-state index is 0.00479. The van der Waals surface area contributed by atoms with E-state index in [4.69, 9.17) is 5.11 Å². The molecule has 24 heavy (non-hydrogen) atoms. The highest BCUT2D eigenvalue weighted by molar-refractivity contribution is 5.95. The van der Waals surface area contributed by atoms with Crippen LogP contribution in [0.1, 0.15) is 15.9 Å². The number of carbonyl (C=O) groups is 2. The maximum absolute atomic E-state index is 12.8. The van der Waals surface area contributed by atoms with Crippen molar-refractivity contribution in [3.63, 3.8) is 0 Å². The number of hydrogen-bond acceptors (Lipinski definition) is 4. The van der Waals surface area contributed by atoms with E-state index in [1.54, 1.807) is 0 Å². The first-order chi connectivity index (χ1) is 11.1. The lowest BCUT2D eigenvalue weighted by atomic mass is 10.1. The van der Waals surface area contributed by atoms with Crippen LogP contribution in [-0.4, -0.2) is 58.0 Å². The second-order valence-corrected chi connectivity index (χ2v) is 5.09. The highest BCUT2D eigenvalue weighted by Gasteiger charge is 2.34. The van der Waals surface area contributed by atoms with Crippen molar-refractivity contribution >= 4 is 17.7 Å². The molecule has 0 bridgehead atoms. The lowest BCUT2D eigenvalue weighted by Crippen LogP contribution is -2.50. The van der Waals surface area contributed by atoms with Crippen LogP contribution in [0.2, 0.25) is 0 Å². The van der Waals surface area contributed by atoms with Crippen molar-refractivity contribution in [3.05, 3.63) is 39.4 Å². The third-order valence-electron chi connectivity index (χ3n) is 3.54. The Kier molecular flexibility index (Phi) is 4.62. The van der Waals surface area contributed by atoms with Gasteiger partial charge in [-0.3, -0.25) is 14.9 Å². The molecule has 1 aliphatic rings. The molecular weight excluding hydrogens is 335 g/mol. The molecule has 0 saturated carbocycles.